The molecule has 5 nitrogen and oxygen atoms in total. The van der Waals surface area contributed by atoms with Crippen molar-refractivity contribution in [3.05, 3.63) is 132 Å². The molecule has 49 heavy (non-hydrogen) atoms. The molecule has 0 saturated heterocycles. The van der Waals surface area contributed by atoms with Gasteiger partial charge in [0.2, 0.25) is 0 Å². The molecule has 0 bridgehead atoms. The molecule has 2 aromatic heterocycles. The van der Waals surface area contributed by atoms with Crippen LogP contribution in [0.25, 0.3) is 66.1 Å². The van der Waals surface area contributed by atoms with Gasteiger partial charge in [-0.25, -0.2) is 0 Å². The van der Waals surface area contributed by atoms with Gasteiger partial charge in [-0.2, -0.15) is 0 Å². The van der Waals surface area contributed by atoms with Crippen LogP contribution in [0.2, 0.25) is 0 Å². The van der Waals surface area contributed by atoms with Crippen LogP contribution < -0.4 is 9.47 Å². The van der Waals surface area contributed by atoms with E-state index >= 15 is 0 Å². The van der Waals surface area contributed by atoms with Gasteiger partial charge < -0.3 is 23.4 Å². The minimum atomic E-state index is -0.949. The van der Waals surface area contributed by atoms with Gasteiger partial charge >= 0.3 is 0 Å². The molecule has 9 rings (SSSR count). The Morgan fingerprint density at radius 1 is 0.571 bits per heavy atom. The van der Waals surface area contributed by atoms with E-state index in [2.05, 4.69) is 62.4 Å². The van der Waals surface area contributed by atoms with E-state index in [0.29, 0.717) is 0 Å². The van der Waals surface area contributed by atoms with Crippen LogP contribution in [0.5, 0.6) is 11.5 Å². The normalized spacial score (nSPS) is 13.4. The van der Waals surface area contributed by atoms with Crippen LogP contribution >= 0.6 is 0 Å². The first-order valence-electron chi connectivity index (χ1n) is 16.6. The van der Waals surface area contributed by atoms with Crippen molar-refractivity contribution in [3.63, 3.8) is 0 Å². The molecule has 6 aromatic carbocycles. The maximum absolute atomic E-state index is 10.6. The van der Waals surface area contributed by atoms with Crippen molar-refractivity contribution in [2.75, 3.05) is 14.2 Å². The number of fused-ring (bicyclic) bond motifs is 10. The van der Waals surface area contributed by atoms with Crippen LogP contribution in [0.4, 0.5) is 0 Å². The summed E-state index contributed by atoms with van der Waals surface area (Å²) >= 11 is 0. The summed E-state index contributed by atoms with van der Waals surface area (Å²) in [7, 11) is 3.39. The van der Waals surface area contributed by atoms with E-state index in [-0.39, 0.29) is 5.41 Å². The summed E-state index contributed by atoms with van der Waals surface area (Å²) in [6, 6.07) is 38.8. The van der Waals surface area contributed by atoms with Gasteiger partial charge in [0.25, 0.3) is 0 Å². The maximum atomic E-state index is 10.6. The molecule has 1 aliphatic rings. The Morgan fingerprint density at radius 3 is 1.86 bits per heavy atom. The highest BCUT2D eigenvalue weighted by molar-refractivity contribution is 6.12. The summed E-state index contributed by atoms with van der Waals surface area (Å²) in [5, 5.41) is 15.1. The van der Waals surface area contributed by atoms with Crippen molar-refractivity contribution in [2.24, 2.45) is 0 Å². The fourth-order valence-corrected chi connectivity index (χ4v) is 7.68. The molecule has 0 atom stereocenters. The summed E-state index contributed by atoms with van der Waals surface area (Å²) in [6.45, 7) is 8.17. The lowest BCUT2D eigenvalue weighted by atomic mass is 9.80. The van der Waals surface area contributed by atoms with Crippen molar-refractivity contribution in [3.8, 4) is 33.8 Å². The molecule has 0 unspecified atom stereocenters. The summed E-state index contributed by atoms with van der Waals surface area (Å²) in [4.78, 5) is 0. The second-order valence-corrected chi connectivity index (χ2v) is 13.7. The van der Waals surface area contributed by atoms with Crippen molar-refractivity contribution >= 4 is 43.9 Å². The molecule has 1 N–H and O–H groups in total. The van der Waals surface area contributed by atoms with Gasteiger partial charge in [0.15, 0.2) is 0 Å². The second-order valence-electron chi connectivity index (χ2n) is 13.7. The third-order valence-electron chi connectivity index (χ3n) is 9.92. The van der Waals surface area contributed by atoms with Gasteiger partial charge in [0, 0.05) is 50.2 Å². The SMILES string of the molecule is COc1cc2oc3ccccc3c2c2c1-c1ccccc1C2(C)C.COc1cc2oc3ccccc3c2cc1-c1ccccc1C(C)(C)O. The number of ether oxygens (including phenoxy) is 2. The number of methoxy groups -OCH3 is 2. The smallest absolute Gasteiger partial charge is 0.139 e. The number of hydrogen-bond acceptors (Lipinski definition) is 5. The lowest BCUT2D eigenvalue weighted by Crippen LogP contribution is -2.16. The molecule has 244 valence electrons. The van der Waals surface area contributed by atoms with Crippen molar-refractivity contribution in [1.82, 2.24) is 0 Å². The maximum Gasteiger partial charge on any atom is 0.139 e. The summed E-state index contributed by atoms with van der Waals surface area (Å²) in [5.41, 5.74) is 10.3. The Morgan fingerprint density at radius 2 is 1.14 bits per heavy atom. The third kappa shape index (κ3) is 4.80. The molecule has 2 heterocycles. The zero-order chi connectivity index (χ0) is 34.1. The summed E-state index contributed by atoms with van der Waals surface area (Å²) < 4.78 is 23.5. The van der Waals surface area contributed by atoms with Crippen LogP contribution in [-0.2, 0) is 11.0 Å². The minimum Gasteiger partial charge on any atom is -0.496 e. The Kier molecular flexibility index (Phi) is 7.09. The van der Waals surface area contributed by atoms with Crippen LogP contribution in [0, 0.1) is 0 Å². The topological polar surface area (TPSA) is 65.0 Å². The first kappa shape index (κ1) is 30.8. The lowest BCUT2D eigenvalue weighted by molar-refractivity contribution is 0.0792. The zero-order valence-electron chi connectivity index (χ0n) is 28.5. The third-order valence-corrected chi connectivity index (χ3v) is 9.92. The highest BCUT2D eigenvalue weighted by Crippen LogP contribution is 2.56. The number of furan rings is 2. The molecule has 0 aliphatic heterocycles. The Bertz CT molecular complexity index is 2540. The molecule has 0 fully saturated rings. The number of benzene rings is 6. The number of para-hydroxylation sites is 2. The van der Waals surface area contributed by atoms with Crippen molar-refractivity contribution in [2.45, 2.75) is 38.7 Å². The predicted molar refractivity (Wildman–Crippen MR) is 199 cm³/mol. The monoisotopic (exact) mass is 646 g/mol. The molecular formula is C44H38O5. The predicted octanol–water partition coefficient (Wildman–Crippen LogP) is 11.4. The molecule has 0 radical (unpaired) electrons. The van der Waals surface area contributed by atoms with Gasteiger partial charge in [-0.3, -0.25) is 0 Å². The zero-order valence-corrected chi connectivity index (χ0v) is 28.5. The fraction of sp³-hybridized carbons (Fsp3) is 0.182. The average Bonchev–Trinajstić information content (AvgIpc) is 3.74. The van der Waals surface area contributed by atoms with Crippen LogP contribution in [0.3, 0.4) is 0 Å². The molecule has 0 spiro atoms. The van der Waals surface area contributed by atoms with Crippen LogP contribution in [0.1, 0.15) is 44.4 Å². The summed E-state index contributed by atoms with van der Waals surface area (Å²) in [5.74, 6) is 1.61. The van der Waals surface area contributed by atoms with E-state index in [4.69, 9.17) is 18.3 Å². The van der Waals surface area contributed by atoms with Crippen LogP contribution in [0.15, 0.2) is 124 Å². The van der Waals surface area contributed by atoms with E-state index in [1.54, 1.807) is 28.1 Å². The van der Waals surface area contributed by atoms with Gasteiger partial charge in [0.1, 0.15) is 33.8 Å². The minimum absolute atomic E-state index is 0.0919. The Labute approximate surface area is 285 Å². The largest absolute Gasteiger partial charge is 0.496 e. The standard InChI is InChI=1S/C22H20O3.C22H18O2/c1-22(2,23)18-10-6-4-8-14(18)16-12-17-15-9-5-7-11-19(15)25-21(17)13-20(16)24-3;1-22(2)15-10-6-4-8-13(15)19-17(23-3)12-18-20(21(19)22)14-9-5-7-11-16(14)24-18/h4-13,23H,1-3H3;4-12H,1-3H3. The highest BCUT2D eigenvalue weighted by Gasteiger charge is 2.40. The molecule has 1 aliphatic carbocycles. The molecular weight excluding hydrogens is 608 g/mol. The Hall–Kier alpha value is -5.52. The van der Waals surface area contributed by atoms with Gasteiger partial charge in [-0.05, 0) is 59.9 Å². The lowest BCUT2D eigenvalue weighted by Gasteiger charge is -2.22. The highest BCUT2D eigenvalue weighted by atomic mass is 16.5. The summed E-state index contributed by atoms with van der Waals surface area (Å²) in [6.07, 6.45) is 0. The van der Waals surface area contributed by atoms with Crippen molar-refractivity contribution in [1.29, 1.82) is 0 Å². The quantitative estimate of drug-likeness (QED) is 0.206. The van der Waals surface area contributed by atoms with Crippen molar-refractivity contribution < 1.29 is 23.4 Å². The van der Waals surface area contributed by atoms with Gasteiger partial charge in [-0.15, -0.1) is 0 Å². The van der Waals surface area contributed by atoms with E-state index in [1.807, 2.05) is 66.7 Å². The first-order valence-corrected chi connectivity index (χ1v) is 16.6. The van der Waals surface area contributed by atoms with E-state index in [1.165, 1.54) is 33.0 Å². The van der Waals surface area contributed by atoms with Crippen LogP contribution in [-0.4, -0.2) is 19.3 Å². The fourth-order valence-electron chi connectivity index (χ4n) is 7.68. The Balaban J connectivity index is 0.000000142. The first-order chi connectivity index (χ1) is 23.6. The van der Waals surface area contributed by atoms with E-state index in [9.17, 15) is 5.11 Å². The average molecular weight is 647 g/mol. The molecule has 0 saturated carbocycles. The number of hydrogen-bond donors (Lipinski definition) is 1. The van der Waals surface area contributed by atoms with E-state index in [0.717, 1.165) is 61.3 Å². The number of rotatable bonds is 4. The molecule has 5 heteroatoms. The second kappa shape index (κ2) is 11.3. The number of aliphatic hydroxyl groups is 1. The van der Waals surface area contributed by atoms with Gasteiger partial charge in [-0.1, -0.05) is 98.8 Å². The molecule has 0 amide bonds. The van der Waals surface area contributed by atoms with E-state index < -0.39 is 5.60 Å². The van der Waals surface area contributed by atoms with Gasteiger partial charge in [0.05, 0.1) is 19.8 Å². The molecule has 8 aromatic rings.